The Morgan fingerprint density at radius 1 is 1.19 bits per heavy atom. The van der Waals surface area contributed by atoms with Gasteiger partial charge in [0.2, 0.25) is 11.9 Å². The zero-order valence-electron chi connectivity index (χ0n) is 17.8. The number of nitrogens with one attached hydrogen (secondary N) is 2. The maximum atomic E-state index is 13.2. The number of methoxy groups -OCH3 is 2. The second-order valence-electron chi connectivity index (χ2n) is 8.00. The molecule has 0 bridgehead atoms. The molecule has 2 atom stereocenters. The van der Waals surface area contributed by atoms with E-state index in [1.54, 1.807) is 18.2 Å². The number of aromatic nitrogens is 2. The van der Waals surface area contributed by atoms with Gasteiger partial charge >= 0.3 is 0 Å². The van der Waals surface area contributed by atoms with E-state index in [9.17, 15) is 14.9 Å². The largest absolute Gasteiger partial charge is 0.497 e. The standard InChI is InChI=1S/C22H25N5O4/c1-12-6-8-27(9-7-12)22-25-19-18(21(29)26-22)17(15(11-23)20(28)24-19)14-10-13(30-2)4-5-16(14)31-3/h4-5,10,12,15,17H,6-9H2,1-3H3,(H2,24,25,26,28,29). The molecule has 2 N–H and O–H groups in total. The summed E-state index contributed by atoms with van der Waals surface area (Å²) >= 11 is 0. The number of carbonyl (C=O) groups is 1. The maximum Gasteiger partial charge on any atom is 0.258 e. The first kappa shape index (κ1) is 20.7. The lowest BCUT2D eigenvalue weighted by atomic mass is 9.78. The number of aromatic amines is 1. The molecular formula is C22H25N5O4. The molecule has 2 aliphatic heterocycles. The van der Waals surface area contributed by atoms with Crippen LogP contribution < -0.4 is 25.2 Å². The van der Waals surface area contributed by atoms with Crippen LogP contribution in [-0.4, -0.2) is 43.2 Å². The van der Waals surface area contributed by atoms with Crippen molar-refractivity contribution < 1.29 is 14.3 Å². The van der Waals surface area contributed by atoms with Gasteiger partial charge in [-0.3, -0.25) is 14.6 Å². The van der Waals surface area contributed by atoms with Crippen LogP contribution in [0.2, 0.25) is 0 Å². The van der Waals surface area contributed by atoms with Crippen molar-refractivity contribution in [2.75, 3.05) is 37.5 Å². The number of hydrogen-bond acceptors (Lipinski definition) is 7. The number of anilines is 2. The van der Waals surface area contributed by atoms with E-state index >= 15 is 0 Å². The van der Waals surface area contributed by atoms with Crippen LogP contribution >= 0.6 is 0 Å². The van der Waals surface area contributed by atoms with Gasteiger partial charge in [0, 0.05) is 24.6 Å². The summed E-state index contributed by atoms with van der Waals surface area (Å²) in [6.45, 7) is 3.77. The number of benzene rings is 1. The Labute approximate surface area is 180 Å². The van der Waals surface area contributed by atoms with E-state index < -0.39 is 17.7 Å². The van der Waals surface area contributed by atoms with Crippen LogP contribution in [0, 0.1) is 23.2 Å². The van der Waals surface area contributed by atoms with Crippen molar-refractivity contribution in [2.24, 2.45) is 11.8 Å². The average Bonchev–Trinajstić information content (AvgIpc) is 2.78. The van der Waals surface area contributed by atoms with Gasteiger partial charge in [-0.1, -0.05) is 6.92 Å². The second kappa shape index (κ2) is 8.30. The minimum absolute atomic E-state index is 0.184. The molecule has 3 heterocycles. The summed E-state index contributed by atoms with van der Waals surface area (Å²) in [5.74, 6) is -0.221. The van der Waals surface area contributed by atoms with Gasteiger partial charge in [-0.2, -0.15) is 10.2 Å². The molecule has 0 aliphatic carbocycles. The van der Waals surface area contributed by atoms with Gasteiger partial charge in [-0.15, -0.1) is 0 Å². The van der Waals surface area contributed by atoms with Crippen molar-refractivity contribution >= 4 is 17.7 Å². The molecule has 2 aromatic rings. The number of nitrogens with zero attached hydrogens (tertiary/aromatic N) is 3. The zero-order chi connectivity index (χ0) is 22.1. The van der Waals surface area contributed by atoms with Crippen LogP contribution in [0.5, 0.6) is 11.5 Å². The Morgan fingerprint density at radius 3 is 2.58 bits per heavy atom. The third-order valence-electron chi connectivity index (χ3n) is 6.11. The molecule has 9 nitrogen and oxygen atoms in total. The van der Waals surface area contributed by atoms with Crippen LogP contribution in [0.15, 0.2) is 23.0 Å². The highest BCUT2D eigenvalue weighted by Gasteiger charge is 2.42. The minimum Gasteiger partial charge on any atom is -0.497 e. The highest BCUT2D eigenvalue weighted by atomic mass is 16.5. The topological polar surface area (TPSA) is 120 Å². The predicted octanol–water partition coefficient (Wildman–Crippen LogP) is 2.25. The molecule has 1 amide bonds. The van der Waals surface area contributed by atoms with E-state index in [1.807, 2.05) is 11.0 Å². The molecule has 1 aromatic heterocycles. The van der Waals surface area contributed by atoms with Gasteiger partial charge in [0.25, 0.3) is 5.56 Å². The third kappa shape index (κ3) is 3.69. The first-order chi connectivity index (χ1) is 15.0. The van der Waals surface area contributed by atoms with E-state index in [1.165, 1.54) is 14.2 Å². The molecular weight excluding hydrogens is 398 g/mol. The SMILES string of the molecule is COc1ccc(OC)c(C2c3c(nc(N4CCC(C)CC4)[nH]c3=O)NC(=O)C2C#N)c1. The van der Waals surface area contributed by atoms with Crippen molar-refractivity contribution in [3.05, 3.63) is 39.7 Å². The number of nitriles is 1. The first-order valence-electron chi connectivity index (χ1n) is 10.3. The minimum atomic E-state index is -1.11. The Morgan fingerprint density at radius 2 is 1.94 bits per heavy atom. The summed E-state index contributed by atoms with van der Waals surface area (Å²) in [5, 5.41) is 12.4. The van der Waals surface area contributed by atoms with Crippen LogP contribution in [0.4, 0.5) is 11.8 Å². The molecule has 9 heteroatoms. The van der Waals surface area contributed by atoms with Crippen molar-refractivity contribution in [3.8, 4) is 17.6 Å². The summed E-state index contributed by atoms with van der Waals surface area (Å²) < 4.78 is 10.8. The lowest BCUT2D eigenvalue weighted by Crippen LogP contribution is -2.40. The number of fused-ring (bicyclic) bond motifs is 1. The van der Waals surface area contributed by atoms with Crippen molar-refractivity contribution in [1.82, 2.24) is 9.97 Å². The molecule has 0 radical (unpaired) electrons. The molecule has 1 aromatic carbocycles. The number of rotatable bonds is 4. The number of piperidine rings is 1. The molecule has 1 fully saturated rings. The maximum absolute atomic E-state index is 13.2. The zero-order valence-corrected chi connectivity index (χ0v) is 17.8. The van der Waals surface area contributed by atoms with Crippen molar-refractivity contribution in [2.45, 2.75) is 25.7 Å². The average molecular weight is 423 g/mol. The lowest BCUT2D eigenvalue weighted by Gasteiger charge is -2.33. The highest BCUT2D eigenvalue weighted by Crippen LogP contribution is 2.43. The molecule has 2 aliphatic rings. The van der Waals surface area contributed by atoms with Gasteiger partial charge in [0.1, 0.15) is 23.2 Å². The van der Waals surface area contributed by atoms with Gasteiger partial charge in [-0.05, 0) is 37.0 Å². The molecule has 2 unspecified atom stereocenters. The highest BCUT2D eigenvalue weighted by molar-refractivity contribution is 5.98. The fourth-order valence-electron chi connectivity index (χ4n) is 4.29. The van der Waals surface area contributed by atoms with Crippen LogP contribution in [0.3, 0.4) is 0 Å². The predicted molar refractivity (Wildman–Crippen MR) is 115 cm³/mol. The van der Waals surface area contributed by atoms with E-state index in [-0.39, 0.29) is 16.9 Å². The lowest BCUT2D eigenvalue weighted by molar-refractivity contribution is -0.119. The van der Waals surface area contributed by atoms with E-state index in [0.29, 0.717) is 28.9 Å². The van der Waals surface area contributed by atoms with E-state index in [0.717, 1.165) is 25.9 Å². The van der Waals surface area contributed by atoms with Gasteiger partial charge in [0.15, 0.2) is 0 Å². The van der Waals surface area contributed by atoms with E-state index in [2.05, 4.69) is 22.2 Å². The summed E-state index contributed by atoms with van der Waals surface area (Å²) in [4.78, 5) is 35.5. The first-order valence-corrected chi connectivity index (χ1v) is 10.3. The summed E-state index contributed by atoms with van der Waals surface area (Å²) in [7, 11) is 3.02. The Balaban J connectivity index is 1.86. The van der Waals surface area contributed by atoms with Crippen molar-refractivity contribution in [1.29, 1.82) is 5.26 Å². The summed E-state index contributed by atoms with van der Waals surface area (Å²) in [6.07, 6.45) is 2.01. The fraction of sp³-hybridized carbons (Fsp3) is 0.455. The third-order valence-corrected chi connectivity index (χ3v) is 6.11. The van der Waals surface area contributed by atoms with Crippen LogP contribution in [-0.2, 0) is 4.79 Å². The number of H-pyrrole nitrogens is 1. The van der Waals surface area contributed by atoms with Crippen LogP contribution in [0.1, 0.15) is 36.8 Å². The molecule has 162 valence electrons. The molecule has 1 saturated heterocycles. The van der Waals surface area contributed by atoms with Crippen LogP contribution in [0.25, 0.3) is 0 Å². The number of ether oxygens (including phenoxy) is 2. The van der Waals surface area contributed by atoms with Crippen molar-refractivity contribution in [3.63, 3.8) is 0 Å². The normalized spacial score (nSPS) is 21.1. The summed E-state index contributed by atoms with van der Waals surface area (Å²) in [5.41, 5.74) is 0.386. The quantitative estimate of drug-likeness (QED) is 0.774. The number of amides is 1. The Hall–Kier alpha value is -3.54. The number of carbonyl (C=O) groups excluding carboxylic acids is 1. The molecule has 31 heavy (non-hydrogen) atoms. The molecule has 0 saturated carbocycles. The second-order valence-corrected chi connectivity index (χ2v) is 8.00. The van der Waals surface area contributed by atoms with Gasteiger partial charge < -0.3 is 19.7 Å². The Kier molecular flexibility index (Phi) is 5.55. The Bertz CT molecular complexity index is 1100. The summed E-state index contributed by atoms with van der Waals surface area (Å²) in [6, 6.07) is 7.15. The van der Waals surface area contributed by atoms with Gasteiger partial charge in [0.05, 0.1) is 25.9 Å². The monoisotopic (exact) mass is 423 g/mol. The van der Waals surface area contributed by atoms with Gasteiger partial charge in [-0.25, -0.2) is 0 Å². The smallest absolute Gasteiger partial charge is 0.258 e. The fourth-order valence-corrected chi connectivity index (χ4v) is 4.29. The van der Waals surface area contributed by atoms with E-state index in [4.69, 9.17) is 9.47 Å². The molecule has 4 rings (SSSR count). The number of hydrogen-bond donors (Lipinski definition) is 2. The molecule has 0 spiro atoms.